The number of benzene rings is 1. The van der Waals surface area contributed by atoms with E-state index in [1.165, 1.54) is 12.8 Å². The minimum absolute atomic E-state index is 0.300. The molecule has 0 bridgehead atoms. The molecule has 0 saturated heterocycles. The molecule has 0 spiro atoms. The van der Waals surface area contributed by atoms with Gasteiger partial charge in [-0.2, -0.15) is 5.10 Å². The van der Waals surface area contributed by atoms with Crippen molar-refractivity contribution >= 4 is 17.4 Å². The van der Waals surface area contributed by atoms with Crippen molar-refractivity contribution in [1.82, 2.24) is 5.43 Å². The lowest BCUT2D eigenvalue weighted by molar-refractivity contribution is 0.252. The topological polar surface area (TPSA) is 53.5 Å². The smallest absolute Gasteiger partial charge is 0.307 e. The quantitative estimate of drug-likeness (QED) is 0.593. The molecule has 0 aliphatic heterocycles. The number of urea groups is 1. The van der Waals surface area contributed by atoms with Gasteiger partial charge in [0, 0.05) is 11.4 Å². The summed E-state index contributed by atoms with van der Waals surface area (Å²) in [5.41, 5.74) is 4.26. The van der Waals surface area contributed by atoms with Gasteiger partial charge >= 0.3 is 6.03 Å². The highest BCUT2D eigenvalue weighted by atomic mass is 16.2. The number of rotatable bonds is 3. The molecule has 1 aliphatic carbocycles. The molecule has 0 heterocycles. The Hall–Kier alpha value is -1.84. The van der Waals surface area contributed by atoms with E-state index in [2.05, 4.69) is 15.8 Å². The summed E-state index contributed by atoms with van der Waals surface area (Å²) < 4.78 is 0. The third kappa shape index (κ3) is 3.08. The number of hydrazone groups is 1. The van der Waals surface area contributed by atoms with Crippen molar-refractivity contribution in [2.45, 2.75) is 19.8 Å². The van der Waals surface area contributed by atoms with Crippen LogP contribution in [0.25, 0.3) is 0 Å². The maximum atomic E-state index is 11.4. The number of carbonyl (C=O) groups is 1. The van der Waals surface area contributed by atoms with E-state index in [1.807, 2.05) is 37.3 Å². The van der Waals surface area contributed by atoms with Crippen molar-refractivity contribution in [3.8, 4) is 0 Å². The van der Waals surface area contributed by atoms with Gasteiger partial charge in [-0.3, -0.25) is 0 Å². The van der Waals surface area contributed by atoms with Gasteiger partial charge in [0.25, 0.3) is 0 Å². The number of amides is 2. The lowest BCUT2D eigenvalue weighted by Crippen LogP contribution is -2.25. The molecule has 16 heavy (non-hydrogen) atoms. The Bertz CT molecular complexity index is 396. The molecule has 1 aromatic rings. The third-order valence-electron chi connectivity index (χ3n) is 2.53. The zero-order chi connectivity index (χ0) is 11.4. The van der Waals surface area contributed by atoms with E-state index in [0.29, 0.717) is 5.92 Å². The van der Waals surface area contributed by atoms with E-state index in [-0.39, 0.29) is 6.03 Å². The van der Waals surface area contributed by atoms with E-state index in [1.54, 1.807) is 0 Å². The normalized spacial score (nSPS) is 15.7. The van der Waals surface area contributed by atoms with Crippen LogP contribution in [-0.4, -0.2) is 11.7 Å². The van der Waals surface area contributed by atoms with E-state index >= 15 is 0 Å². The molecule has 0 unspecified atom stereocenters. The molecule has 4 nitrogen and oxygen atoms in total. The Morgan fingerprint density at radius 1 is 1.31 bits per heavy atom. The summed E-state index contributed by atoms with van der Waals surface area (Å²) in [4.78, 5) is 11.4. The summed E-state index contributed by atoms with van der Waals surface area (Å²) in [6.45, 7) is 1.94. The number of nitrogens with zero attached hydrogens (tertiary/aromatic N) is 1. The van der Waals surface area contributed by atoms with E-state index in [0.717, 1.165) is 11.4 Å². The molecule has 84 valence electrons. The Kier molecular flexibility index (Phi) is 3.19. The third-order valence-corrected chi connectivity index (χ3v) is 2.53. The Morgan fingerprint density at radius 3 is 2.62 bits per heavy atom. The summed E-state index contributed by atoms with van der Waals surface area (Å²) >= 11 is 0. The fraction of sp³-hybridized carbons (Fsp3) is 0.333. The van der Waals surface area contributed by atoms with Crippen molar-refractivity contribution in [1.29, 1.82) is 0 Å². The number of nitrogens with one attached hydrogen (secondary N) is 2. The number of para-hydroxylation sites is 1. The number of carbonyl (C=O) groups excluding carboxylic acids is 1. The Morgan fingerprint density at radius 2 is 2.00 bits per heavy atom. The van der Waals surface area contributed by atoms with Crippen molar-refractivity contribution in [2.75, 3.05) is 5.32 Å². The highest BCUT2D eigenvalue weighted by Crippen LogP contribution is 2.30. The molecule has 1 aliphatic rings. The second kappa shape index (κ2) is 4.79. The minimum Gasteiger partial charge on any atom is -0.307 e. The molecule has 0 atom stereocenters. The van der Waals surface area contributed by atoms with Gasteiger partial charge in [0.2, 0.25) is 0 Å². The molecule has 1 saturated carbocycles. The fourth-order valence-corrected chi connectivity index (χ4v) is 1.41. The molecule has 2 N–H and O–H groups in total. The van der Waals surface area contributed by atoms with Crippen molar-refractivity contribution in [2.24, 2.45) is 11.0 Å². The molecule has 2 amide bonds. The standard InChI is InChI=1S/C12H15N3O/c1-9(10-7-8-10)14-15-12(16)13-11-5-3-2-4-6-11/h2-6,10H,7-8H2,1H3,(H2,13,15,16)/b14-9-. The van der Waals surface area contributed by atoms with Crippen molar-refractivity contribution in [3.63, 3.8) is 0 Å². The zero-order valence-corrected chi connectivity index (χ0v) is 9.23. The van der Waals surface area contributed by atoms with Gasteiger partial charge < -0.3 is 5.32 Å². The second-order valence-electron chi connectivity index (χ2n) is 3.96. The first-order valence-corrected chi connectivity index (χ1v) is 5.42. The van der Waals surface area contributed by atoms with Crippen LogP contribution in [0, 0.1) is 5.92 Å². The molecule has 0 aromatic heterocycles. The molecule has 1 fully saturated rings. The highest BCUT2D eigenvalue weighted by molar-refractivity contribution is 5.91. The van der Waals surface area contributed by atoms with Crippen molar-refractivity contribution < 1.29 is 4.79 Å². The summed E-state index contributed by atoms with van der Waals surface area (Å²) in [7, 11) is 0. The predicted molar refractivity (Wildman–Crippen MR) is 64.4 cm³/mol. The largest absolute Gasteiger partial charge is 0.339 e. The van der Waals surface area contributed by atoms with E-state index in [9.17, 15) is 4.79 Å². The first-order valence-electron chi connectivity index (χ1n) is 5.42. The number of hydrogen-bond donors (Lipinski definition) is 2. The minimum atomic E-state index is -0.300. The van der Waals surface area contributed by atoms with Gasteiger partial charge in [0.1, 0.15) is 0 Å². The van der Waals surface area contributed by atoms with Crippen LogP contribution in [0.4, 0.5) is 10.5 Å². The van der Waals surface area contributed by atoms with Crippen LogP contribution in [0.15, 0.2) is 35.4 Å². The lowest BCUT2D eigenvalue weighted by atomic mass is 10.3. The van der Waals surface area contributed by atoms with Crippen LogP contribution in [0.2, 0.25) is 0 Å². The maximum absolute atomic E-state index is 11.4. The number of anilines is 1. The predicted octanol–water partition coefficient (Wildman–Crippen LogP) is 2.59. The van der Waals surface area contributed by atoms with Crippen LogP contribution in [0.3, 0.4) is 0 Å². The summed E-state index contributed by atoms with van der Waals surface area (Å²) in [5.74, 6) is 0.581. The van der Waals surface area contributed by atoms with Crippen LogP contribution in [0.5, 0.6) is 0 Å². The molecule has 4 heteroatoms. The average Bonchev–Trinajstić information content (AvgIpc) is 3.11. The summed E-state index contributed by atoms with van der Waals surface area (Å²) in [5, 5.41) is 6.74. The Balaban J connectivity index is 1.82. The zero-order valence-electron chi connectivity index (χ0n) is 9.23. The highest BCUT2D eigenvalue weighted by Gasteiger charge is 2.24. The SMILES string of the molecule is C/C(=N/NC(=O)Nc1ccccc1)C1CC1. The molecule has 1 aromatic carbocycles. The summed E-state index contributed by atoms with van der Waals surface area (Å²) in [6, 6.07) is 9.00. The van der Waals surface area contributed by atoms with Gasteiger partial charge in [-0.1, -0.05) is 18.2 Å². The first kappa shape index (κ1) is 10.7. The molecule has 0 radical (unpaired) electrons. The summed E-state index contributed by atoms with van der Waals surface area (Å²) in [6.07, 6.45) is 2.38. The van der Waals surface area contributed by atoms with Crippen LogP contribution in [0.1, 0.15) is 19.8 Å². The van der Waals surface area contributed by atoms with Gasteiger partial charge in [0.15, 0.2) is 0 Å². The Labute approximate surface area is 94.7 Å². The monoisotopic (exact) mass is 217 g/mol. The first-order chi connectivity index (χ1) is 7.75. The van der Waals surface area contributed by atoms with Gasteiger partial charge in [-0.05, 0) is 37.8 Å². The van der Waals surface area contributed by atoms with Gasteiger partial charge in [-0.15, -0.1) is 0 Å². The fourth-order valence-electron chi connectivity index (χ4n) is 1.41. The van der Waals surface area contributed by atoms with E-state index < -0.39 is 0 Å². The van der Waals surface area contributed by atoms with Crippen LogP contribution >= 0.6 is 0 Å². The maximum Gasteiger partial charge on any atom is 0.339 e. The second-order valence-corrected chi connectivity index (χ2v) is 3.96. The van der Waals surface area contributed by atoms with Gasteiger partial charge in [-0.25, -0.2) is 10.2 Å². The van der Waals surface area contributed by atoms with Crippen molar-refractivity contribution in [3.05, 3.63) is 30.3 Å². The van der Waals surface area contributed by atoms with Gasteiger partial charge in [0.05, 0.1) is 0 Å². The molecular formula is C12H15N3O. The average molecular weight is 217 g/mol. The number of hydrogen-bond acceptors (Lipinski definition) is 2. The van der Waals surface area contributed by atoms with Crippen LogP contribution < -0.4 is 10.7 Å². The van der Waals surface area contributed by atoms with E-state index in [4.69, 9.17) is 0 Å². The molecule has 2 rings (SSSR count). The van der Waals surface area contributed by atoms with Crippen LogP contribution in [-0.2, 0) is 0 Å². The lowest BCUT2D eigenvalue weighted by Gasteiger charge is -2.04. The molecular weight excluding hydrogens is 202 g/mol.